The third kappa shape index (κ3) is 7.05. The second kappa shape index (κ2) is 8.93. The Bertz CT molecular complexity index is 176. The predicted octanol–water partition coefficient (Wildman–Crippen LogP) is 3.61. The van der Waals surface area contributed by atoms with Crippen molar-refractivity contribution in [3.8, 4) is 0 Å². The standard InChI is InChI=1S/C15H31NO/c1-4-15(11-16-10-13(2)3)17-12-14-8-6-5-7-9-14/h13-16H,4-12H2,1-3H3. The summed E-state index contributed by atoms with van der Waals surface area (Å²) in [5.74, 6) is 1.56. The third-order valence-corrected chi connectivity index (χ3v) is 3.67. The molecule has 0 bridgehead atoms. The van der Waals surface area contributed by atoms with Gasteiger partial charge in [0.15, 0.2) is 0 Å². The Morgan fingerprint density at radius 1 is 1.12 bits per heavy atom. The monoisotopic (exact) mass is 241 g/mol. The minimum atomic E-state index is 0.413. The minimum absolute atomic E-state index is 0.413. The van der Waals surface area contributed by atoms with Gasteiger partial charge in [0.2, 0.25) is 0 Å². The van der Waals surface area contributed by atoms with Crippen molar-refractivity contribution in [2.24, 2.45) is 11.8 Å². The number of nitrogens with one attached hydrogen (secondary N) is 1. The molecular formula is C15H31NO. The van der Waals surface area contributed by atoms with Gasteiger partial charge in [0, 0.05) is 13.2 Å². The van der Waals surface area contributed by atoms with Gasteiger partial charge in [-0.25, -0.2) is 0 Å². The molecule has 2 heteroatoms. The lowest BCUT2D eigenvalue weighted by atomic mass is 9.90. The first kappa shape index (κ1) is 15.0. The molecule has 0 aromatic heterocycles. The summed E-state index contributed by atoms with van der Waals surface area (Å²) in [6.45, 7) is 9.82. The van der Waals surface area contributed by atoms with Crippen LogP contribution in [-0.2, 0) is 4.74 Å². The first-order valence-electron chi connectivity index (χ1n) is 7.54. The van der Waals surface area contributed by atoms with E-state index in [1.54, 1.807) is 0 Å². The maximum atomic E-state index is 6.05. The summed E-state index contributed by atoms with van der Waals surface area (Å²) >= 11 is 0. The van der Waals surface area contributed by atoms with E-state index < -0.39 is 0 Å². The molecule has 0 amide bonds. The smallest absolute Gasteiger partial charge is 0.0696 e. The SMILES string of the molecule is CCC(CNCC(C)C)OCC1CCCCC1. The Labute approximate surface area is 108 Å². The summed E-state index contributed by atoms with van der Waals surface area (Å²) in [6.07, 6.45) is 8.57. The first-order valence-corrected chi connectivity index (χ1v) is 7.54. The van der Waals surface area contributed by atoms with Gasteiger partial charge in [0.1, 0.15) is 0 Å². The lowest BCUT2D eigenvalue weighted by molar-refractivity contribution is 0.0190. The van der Waals surface area contributed by atoms with Gasteiger partial charge >= 0.3 is 0 Å². The number of hydrogen-bond acceptors (Lipinski definition) is 2. The van der Waals surface area contributed by atoms with Crippen LogP contribution in [0.25, 0.3) is 0 Å². The fourth-order valence-corrected chi connectivity index (χ4v) is 2.48. The van der Waals surface area contributed by atoms with Crippen LogP contribution in [0.3, 0.4) is 0 Å². The largest absolute Gasteiger partial charge is 0.377 e. The number of ether oxygens (including phenoxy) is 1. The molecule has 1 aliphatic rings. The van der Waals surface area contributed by atoms with Crippen LogP contribution in [0, 0.1) is 11.8 Å². The zero-order valence-electron chi connectivity index (χ0n) is 12.0. The van der Waals surface area contributed by atoms with Gasteiger partial charge in [-0.15, -0.1) is 0 Å². The van der Waals surface area contributed by atoms with Crippen molar-refractivity contribution in [3.05, 3.63) is 0 Å². The highest BCUT2D eigenvalue weighted by atomic mass is 16.5. The summed E-state index contributed by atoms with van der Waals surface area (Å²) in [6, 6.07) is 0. The van der Waals surface area contributed by atoms with Crippen molar-refractivity contribution in [2.45, 2.75) is 65.4 Å². The van der Waals surface area contributed by atoms with E-state index in [0.29, 0.717) is 6.10 Å². The third-order valence-electron chi connectivity index (χ3n) is 3.67. The molecule has 102 valence electrons. The van der Waals surface area contributed by atoms with E-state index in [2.05, 4.69) is 26.1 Å². The second-order valence-corrected chi connectivity index (χ2v) is 5.92. The molecule has 0 spiro atoms. The van der Waals surface area contributed by atoms with Crippen LogP contribution in [0.2, 0.25) is 0 Å². The number of rotatable bonds is 8. The fraction of sp³-hybridized carbons (Fsp3) is 1.00. The molecule has 1 rings (SSSR count). The molecule has 0 heterocycles. The second-order valence-electron chi connectivity index (χ2n) is 5.92. The van der Waals surface area contributed by atoms with E-state index in [9.17, 15) is 0 Å². The summed E-state index contributed by atoms with van der Waals surface area (Å²) in [7, 11) is 0. The van der Waals surface area contributed by atoms with Crippen molar-refractivity contribution >= 4 is 0 Å². The van der Waals surface area contributed by atoms with Crippen LogP contribution >= 0.6 is 0 Å². The first-order chi connectivity index (χ1) is 8.22. The molecule has 1 unspecified atom stereocenters. The van der Waals surface area contributed by atoms with Crippen LogP contribution in [0.15, 0.2) is 0 Å². The van der Waals surface area contributed by atoms with E-state index in [1.807, 2.05) is 0 Å². The maximum Gasteiger partial charge on any atom is 0.0696 e. The summed E-state index contributed by atoms with van der Waals surface area (Å²) < 4.78 is 6.05. The molecule has 1 fully saturated rings. The lowest BCUT2D eigenvalue weighted by Gasteiger charge is -2.24. The van der Waals surface area contributed by atoms with E-state index in [1.165, 1.54) is 32.1 Å². The Morgan fingerprint density at radius 3 is 2.41 bits per heavy atom. The topological polar surface area (TPSA) is 21.3 Å². The van der Waals surface area contributed by atoms with Crippen LogP contribution < -0.4 is 5.32 Å². The van der Waals surface area contributed by atoms with Gasteiger partial charge in [-0.1, -0.05) is 40.0 Å². The molecule has 17 heavy (non-hydrogen) atoms. The molecule has 0 aromatic carbocycles. The van der Waals surface area contributed by atoms with Gasteiger partial charge in [-0.05, 0) is 37.6 Å². The van der Waals surface area contributed by atoms with E-state index in [0.717, 1.165) is 38.0 Å². The van der Waals surface area contributed by atoms with Crippen LogP contribution in [0.1, 0.15) is 59.3 Å². The minimum Gasteiger partial charge on any atom is -0.377 e. The predicted molar refractivity (Wildman–Crippen MR) is 74.3 cm³/mol. The zero-order valence-corrected chi connectivity index (χ0v) is 12.0. The normalized spacial score (nSPS) is 19.8. The molecule has 1 atom stereocenters. The zero-order chi connectivity index (χ0) is 12.5. The van der Waals surface area contributed by atoms with E-state index >= 15 is 0 Å². The highest BCUT2D eigenvalue weighted by molar-refractivity contribution is 4.67. The van der Waals surface area contributed by atoms with Crippen molar-refractivity contribution in [2.75, 3.05) is 19.7 Å². The average Bonchev–Trinajstić information content (AvgIpc) is 2.34. The van der Waals surface area contributed by atoms with E-state index in [-0.39, 0.29) is 0 Å². The maximum absolute atomic E-state index is 6.05. The van der Waals surface area contributed by atoms with Crippen molar-refractivity contribution < 1.29 is 4.74 Å². The van der Waals surface area contributed by atoms with Crippen LogP contribution in [0.4, 0.5) is 0 Å². The van der Waals surface area contributed by atoms with Gasteiger partial charge < -0.3 is 10.1 Å². The molecule has 2 nitrogen and oxygen atoms in total. The highest BCUT2D eigenvalue weighted by Gasteiger charge is 2.15. The Hall–Kier alpha value is -0.0800. The molecule has 0 aromatic rings. The van der Waals surface area contributed by atoms with Crippen molar-refractivity contribution in [3.63, 3.8) is 0 Å². The lowest BCUT2D eigenvalue weighted by Crippen LogP contribution is -2.32. The van der Waals surface area contributed by atoms with E-state index in [4.69, 9.17) is 4.74 Å². The molecule has 1 saturated carbocycles. The Kier molecular flexibility index (Phi) is 7.87. The van der Waals surface area contributed by atoms with Gasteiger partial charge in [-0.2, -0.15) is 0 Å². The average molecular weight is 241 g/mol. The summed E-state index contributed by atoms with van der Waals surface area (Å²) in [4.78, 5) is 0. The summed E-state index contributed by atoms with van der Waals surface area (Å²) in [5.41, 5.74) is 0. The summed E-state index contributed by atoms with van der Waals surface area (Å²) in [5, 5.41) is 3.50. The van der Waals surface area contributed by atoms with Crippen molar-refractivity contribution in [1.29, 1.82) is 0 Å². The van der Waals surface area contributed by atoms with Crippen LogP contribution in [-0.4, -0.2) is 25.8 Å². The number of hydrogen-bond donors (Lipinski definition) is 1. The molecule has 1 N–H and O–H groups in total. The molecular weight excluding hydrogens is 210 g/mol. The Balaban J connectivity index is 2.08. The molecule has 0 saturated heterocycles. The molecule has 1 aliphatic carbocycles. The quantitative estimate of drug-likeness (QED) is 0.701. The van der Waals surface area contributed by atoms with Crippen LogP contribution in [0.5, 0.6) is 0 Å². The van der Waals surface area contributed by atoms with Gasteiger partial charge in [-0.3, -0.25) is 0 Å². The Morgan fingerprint density at radius 2 is 1.82 bits per heavy atom. The van der Waals surface area contributed by atoms with Gasteiger partial charge in [0.05, 0.1) is 6.10 Å². The fourth-order valence-electron chi connectivity index (χ4n) is 2.48. The highest BCUT2D eigenvalue weighted by Crippen LogP contribution is 2.24. The van der Waals surface area contributed by atoms with Crippen molar-refractivity contribution in [1.82, 2.24) is 5.32 Å². The van der Waals surface area contributed by atoms with Gasteiger partial charge in [0.25, 0.3) is 0 Å². The molecule has 0 aliphatic heterocycles. The molecule has 0 radical (unpaired) electrons.